The third kappa shape index (κ3) is 7.13. The van der Waals surface area contributed by atoms with Crippen molar-refractivity contribution in [3.8, 4) is 0 Å². The number of carbonyl (C=O) groups excluding carboxylic acids is 2. The number of amides is 1. The average Bonchev–Trinajstić information content (AvgIpc) is 3.15. The number of nitrogens with one attached hydrogen (secondary N) is 1. The molecule has 0 saturated carbocycles. The number of carbonyl (C=O) groups is 2. The Balaban J connectivity index is 1.63. The number of aromatic nitrogens is 2. The molecule has 1 amide bonds. The molecule has 0 bridgehead atoms. The summed E-state index contributed by atoms with van der Waals surface area (Å²) in [5.41, 5.74) is 0.846. The van der Waals surface area contributed by atoms with Gasteiger partial charge in [-0.15, -0.1) is 0 Å². The molecule has 0 radical (unpaired) electrons. The van der Waals surface area contributed by atoms with Gasteiger partial charge in [-0.2, -0.15) is 0 Å². The summed E-state index contributed by atoms with van der Waals surface area (Å²) in [5.74, 6) is -1.02. The van der Waals surface area contributed by atoms with Gasteiger partial charge in [0.2, 0.25) is 5.95 Å². The molecule has 33 heavy (non-hydrogen) atoms. The Morgan fingerprint density at radius 2 is 2.00 bits per heavy atom. The van der Waals surface area contributed by atoms with Crippen molar-refractivity contribution in [3.63, 3.8) is 0 Å². The third-order valence-electron chi connectivity index (χ3n) is 5.09. The van der Waals surface area contributed by atoms with Crippen molar-refractivity contribution in [1.82, 2.24) is 14.9 Å². The second-order valence-electron chi connectivity index (χ2n) is 8.30. The van der Waals surface area contributed by atoms with Crippen LogP contribution >= 0.6 is 11.6 Å². The highest BCUT2D eigenvalue weighted by atomic mass is 35.5. The number of ether oxygens (including phenoxy) is 1. The Labute approximate surface area is 198 Å². The molecular weight excluding hydrogens is 468 g/mol. The SMILES string of the molecule is CC(C)CN(C(=O)COC(=O)c1nc(NCc2ccccc2)ncc1Cl)[C@@H]1CCS(=O)(=O)C1. The highest BCUT2D eigenvalue weighted by Gasteiger charge is 2.35. The van der Waals surface area contributed by atoms with Gasteiger partial charge in [-0.1, -0.05) is 55.8 Å². The number of halogens is 1. The summed E-state index contributed by atoms with van der Waals surface area (Å²) in [4.78, 5) is 35.1. The van der Waals surface area contributed by atoms with Crippen molar-refractivity contribution in [2.45, 2.75) is 32.9 Å². The molecule has 9 nitrogen and oxygen atoms in total. The van der Waals surface area contributed by atoms with Crippen molar-refractivity contribution in [1.29, 1.82) is 0 Å². The lowest BCUT2D eigenvalue weighted by molar-refractivity contribution is -0.137. The molecule has 0 aliphatic carbocycles. The fraction of sp³-hybridized carbons (Fsp3) is 0.455. The molecule has 1 fully saturated rings. The van der Waals surface area contributed by atoms with Crippen LogP contribution in [-0.4, -0.2) is 65.9 Å². The fourth-order valence-electron chi connectivity index (χ4n) is 3.52. The molecule has 1 saturated heterocycles. The number of hydrogen-bond acceptors (Lipinski definition) is 8. The molecule has 3 rings (SSSR count). The van der Waals surface area contributed by atoms with Crippen LogP contribution in [-0.2, 0) is 25.9 Å². The molecule has 2 aromatic rings. The van der Waals surface area contributed by atoms with E-state index in [0.717, 1.165) is 5.56 Å². The van der Waals surface area contributed by atoms with Gasteiger partial charge in [-0.05, 0) is 17.9 Å². The van der Waals surface area contributed by atoms with Crippen LogP contribution < -0.4 is 5.32 Å². The van der Waals surface area contributed by atoms with Crippen LogP contribution in [0.4, 0.5) is 5.95 Å². The number of rotatable bonds is 9. The van der Waals surface area contributed by atoms with E-state index < -0.39 is 34.4 Å². The Hall–Kier alpha value is -2.72. The first-order valence-electron chi connectivity index (χ1n) is 10.6. The number of nitrogens with zero attached hydrogens (tertiary/aromatic N) is 3. The minimum Gasteiger partial charge on any atom is -0.451 e. The van der Waals surface area contributed by atoms with E-state index in [1.807, 2.05) is 44.2 Å². The molecule has 0 spiro atoms. The van der Waals surface area contributed by atoms with Crippen LogP contribution in [0.1, 0.15) is 36.3 Å². The molecule has 1 aliphatic rings. The number of anilines is 1. The summed E-state index contributed by atoms with van der Waals surface area (Å²) in [6.07, 6.45) is 1.66. The van der Waals surface area contributed by atoms with Crippen LogP contribution in [0.5, 0.6) is 0 Å². The molecule has 11 heteroatoms. The maximum atomic E-state index is 12.8. The van der Waals surface area contributed by atoms with E-state index in [1.165, 1.54) is 11.1 Å². The lowest BCUT2D eigenvalue weighted by atomic mass is 10.1. The molecule has 0 unspecified atom stereocenters. The van der Waals surface area contributed by atoms with E-state index in [9.17, 15) is 18.0 Å². The fourth-order valence-corrected chi connectivity index (χ4v) is 5.42. The lowest BCUT2D eigenvalue weighted by Crippen LogP contribution is -2.45. The Morgan fingerprint density at radius 1 is 1.27 bits per heavy atom. The smallest absolute Gasteiger partial charge is 0.359 e. The molecule has 1 N–H and O–H groups in total. The lowest BCUT2D eigenvalue weighted by Gasteiger charge is -2.29. The Morgan fingerprint density at radius 3 is 2.64 bits per heavy atom. The van der Waals surface area contributed by atoms with Crippen LogP contribution in [0.15, 0.2) is 36.5 Å². The first-order chi connectivity index (χ1) is 15.6. The number of benzene rings is 1. The largest absolute Gasteiger partial charge is 0.451 e. The quantitative estimate of drug-likeness (QED) is 0.528. The first-order valence-corrected chi connectivity index (χ1v) is 12.8. The van der Waals surface area contributed by atoms with Gasteiger partial charge >= 0.3 is 5.97 Å². The number of hydrogen-bond donors (Lipinski definition) is 1. The molecule has 1 aliphatic heterocycles. The van der Waals surface area contributed by atoms with Gasteiger partial charge in [0.25, 0.3) is 5.91 Å². The predicted molar refractivity (Wildman–Crippen MR) is 125 cm³/mol. The second-order valence-corrected chi connectivity index (χ2v) is 10.9. The number of esters is 1. The van der Waals surface area contributed by atoms with Crippen LogP contribution in [0, 0.1) is 5.92 Å². The van der Waals surface area contributed by atoms with Crippen molar-refractivity contribution >= 4 is 39.3 Å². The summed E-state index contributed by atoms with van der Waals surface area (Å²) in [5, 5.41) is 3.01. The minimum atomic E-state index is -3.16. The third-order valence-corrected chi connectivity index (χ3v) is 7.12. The van der Waals surface area contributed by atoms with E-state index in [2.05, 4.69) is 15.3 Å². The van der Waals surface area contributed by atoms with Gasteiger partial charge < -0.3 is 15.0 Å². The van der Waals surface area contributed by atoms with Gasteiger partial charge in [-0.25, -0.2) is 23.2 Å². The summed E-state index contributed by atoms with van der Waals surface area (Å²) >= 11 is 6.07. The highest BCUT2D eigenvalue weighted by molar-refractivity contribution is 7.91. The van der Waals surface area contributed by atoms with E-state index >= 15 is 0 Å². The predicted octanol–water partition coefficient (Wildman–Crippen LogP) is 2.57. The van der Waals surface area contributed by atoms with Crippen molar-refractivity contribution in [2.75, 3.05) is 30.0 Å². The second kappa shape index (κ2) is 10.9. The maximum Gasteiger partial charge on any atom is 0.359 e. The standard InChI is InChI=1S/C22H27ClN4O5S/c1-15(2)12-27(17-8-9-33(30,31)14-17)19(28)13-32-21(29)20-18(23)11-25-22(26-20)24-10-16-6-4-3-5-7-16/h3-7,11,15,17H,8-10,12-14H2,1-2H3,(H,24,25,26)/t17-/m1/s1. The minimum absolute atomic E-state index is 0.00127. The topological polar surface area (TPSA) is 119 Å². The molecular formula is C22H27ClN4O5S. The first kappa shape index (κ1) is 24.9. The van der Waals surface area contributed by atoms with Crippen LogP contribution in [0.3, 0.4) is 0 Å². The molecule has 1 aromatic heterocycles. The van der Waals surface area contributed by atoms with Crippen molar-refractivity contribution in [2.24, 2.45) is 5.92 Å². The summed E-state index contributed by atoms with van der Waals surface area (Å²) in [6.45, 7) is 4.15. The van der Waals surface area contributed by atoms with Crippen molar-refractivity contribution < 1.29 is 22.7 Å². The summed E-state index contributed by atoms with van der Waals surface area (Å²) in [6, 6.07) is 9.17. The highest BCUT2D eigenvalue weighted by Crippen LogP contribution is 2.20. The Kier molecular flexibility index (Phi) is 8.25. The van der Waals surface area contributed by atoms with E-state index in [-0.39, 0.29) is 34.1 Å². The Bertz CT molecular complexity index is 1100. The van der Waals surface area contributed by atoms with E-state index in [4.69, 9.17) is 16.3 Å². The molecule has 2 heterocycles. The van der Waals surface area contributed by atoms with E-state index in [0.29, 0.717) is 19.5 Å². The monoisotopic (exact) mass is 494 g/mol. The average molecular weight is 495 g/mol. The molecule has 1 aromatic carbocycles. The van der Waals surface area contributed by atoms with Crippen LogP contribution in [0.25, 0.3) is 0 Å². The summed E-state index contributed by atoms with van der Waals surface area (Å²) in [7, 11) is -3.16. The van der Waals surface area contributed by atoms with Gasteiger partial charge in [0, 0.05) is 19.1 Å². The van der Waals surface area contributed by atoms with Gasteiger partial charge in [0.05, 0.1) is 22.7 Å². The number of sulfone groups is 1. The zero-order valence-electron chi connectivity index (χ0n) is 18.5. The van der Waals surface area contributed by atoms with Crippen LogP contribution in [0.2, 0.25) is 5.02 Å². The van der Waals surface area contributed by atoms with Crippen molar-refractivity contribution in [3.05, 3.63) is 52.8 Å². The maximum absolute atomic E-state index is 12.8. The zero-order valence-corrected chi connectivity index (χ0v) is 20.1. The van der Waals surface area contributed by atoms with E-state index in [1.54, 1.807) is 0 Å². The van der Waals surface area contributed by atoms with Gasteiger partial charge in [-0.3, -0.25) is 4.79 Å². The zero-order chi connectivity index (χ0) is 24.0. The molecule has 178 valence electrons. The summed E-state index contributed by atoms with van der Waals surface area (Å²) < 4.78 is 28.9. The normalized spacial score (nSPS) is 17.0. The molecule has 1 atom stereocenters. The van der Waals surface area contributed by atoms with Gasteiger partial charge in [0.15, 0.2) is 22.1 Å². The van der Waals surface area contributed by atoms with Gasteiger partial charge in [0.1, 0.15) is 0 Å².